The Bertz CT molecular complexity index is 128. The molecule has 0 radical (unpaired) electrons. The Kier molecular flexibility index (Phi) is 10.4. The van der Waals surface area contributed by atoms with Crippen molar-refractivity contribution >= 4 is 28.5 Å². The Balaban J connectivity index is 3.02. The molecule has 0 rings (SSSR count). The Morgan fingerprint density at radius 1 is 1.23 bits per heavy atom. The van der Waals surface area contributed by atoms with E-state index in [1.54, 1.807) is 0 Å². The van der Waals surface area contributed by atoms with E-state index in [0.717, 1.165) is 19.4 Å². The number of nitrogens with one attached hydrogen (secondary N) is 1. The monoisotopic (exact) mass is 297 g/mol. The Hall–Kier alpha value is 0.200. The maximum atomic E-state index is 11.0. The molecule has 0 saturated carbocycles. The van der Waals surface area contributed by atoms with Crippen molar-refractivity contribution in [3.05, 3.63) is 0 Å². The second kappa shape index (κ2) is 10.3. The van der Waals surface area contributed by atoms with E-state index >= 15 is 0 Å². The van der Waals surface area contributed by atoms with Gasteiger partial charge in [-0.15, -0.1) is 0 Å². The predicted molar refractivity (Wildman–Crippen MR) is 65.3 cm³/mol. The van der Waals surface area contributed by atoms with E-state index in [1.807, 2.05) is 6.92 Å². The lowest BCUT2D eigenvalue weighted by atomic mass is 10.2. The molecule has 0 aliphatic heterocycles. The molecule has 1 amide bonds. The van der Waals surface area contributed by atoms with E-state index in [2.05, 4.69) is 27.9 Å². The van der Waals surface area contributed by atoms with Gasteiger partial charge in [0.1, 0.15) is 0 Å². The molecule has 0 saturated heterocycles. The zero-order valence-electron chi connectivity index (χ0n) is 8.44. The van der Waals surface area contributed by atoms with Crippen LogP contribution in [-0.2, 0) is 4.79 Å². The van der Waals surface area contributed by atoms with Crippen LogP contribution in [0.1, 0.15) is 45.4 Å². The van der Waals surface area contributed by atoms with Crippen LogP contribution in [0.25, 0.3) is 0 Å². The normalized spacial score (nSPS) is 10.0. The van der Waals surface area contributed by atoms with Gasteiger partial charge in [0.25, 0.3) is 0 Å². The summed E-state index contributed by atoms with van der Waals surface area (Å²) in [5.74, 6) is 0.205. The lowest BCUT2D eigenvalue weighted by Gasteiger charge is -2.03. The molecule has 3 heteroatoms. The van der Waals surface area contributed by atoms with E-state index < -0.39 is 0 Å². The first-order chi connectivity index (χ1) is 6.31. The van der Waals surface area contributed by atoms with Crippen LogP contribution in [0.15, 0.2) is 0 Å². The van der Waals surface area contributed by atoms with E-state index in [-0.39, 0.29) is 5.91 Å². The molecule has 0 fully saturated rings. The van der Waals surface area contributed by atoms with E-state index in [9.17, 15) is 4.79 Å². The summed E-state index contributed by atoms with van der Waals surface area (Å²) in [5, 5.41) is 2.92. The standard InChI is InChI=1S/C10H20INO/c1-2-7-10(13)12-9-6-4-3-5-8-11/h2-9H2,1H3,(H,12,13). The van der Waals surface area contributed by atoms with Crippen molar-refractivity contribution in [1.82, 2.24) is 5.32 Å². The molecule has 0 unspecified atom stereocenters. The van der Waals surface area contributed by atoms with Crippen LogP contribution < -0.4 is 5.32 Å². The highest BCUT2D eigenvalue weighted by Crippen LogP contribution is 2.01. The van der Waals surface area contributed by atoms with Crippen molar-refractivity contribution in [2.75, 3.05) is 11.0 Å². The van der Waals surface area contributed by atoms with Crippen LogP contribution >= 0.6 is 22.6 Å². The van der Waals surface area contributed by atoms with Gasteiger partial charge in [0, 0.05) is 13.0 Å². The third-order valence-corrected chi connectivity index (χ3v) is 2.62. The van der Waals surface area contributed by atoms with Gasteiger partial charge in [-0.2, -0.15) is 0 Å². The minimum absolute atomic E-state index is 0.205. The van der Waals surface area contributed by atoms with Crippen LogP contribution in [0, 0.1) is 0 Å². The molecule has 0 atom stereocenters. The molecule has 1 N–H and O–H groups in total. The van der Waals surface area contributed by atoms with Crippen molar-refractivity contribution in [3.8, 4) is 0 Å². The number of hydrogen-bond acceptors (Lipinski definition) is 1. The van der Waals surface area contributed by atoms with Crippen LogP contribution in [0.5, 0.6) is 0 Å². The summed E-state index contributed by atoms with van der Waals surface area (Å²) < 4.78 is 1.25. The maximum Gasteiger partial charge on any atom is 0.219 e. The van der Waals surface area contributed by atoms with Gasteiger partial charge in [-0.05, 0) is 23.7 Å². The third kappa shape index (κ3) is 10.1. The van der Waals surface area contributed by atoms with Crippen molar-refractivity contribution in [3.63, 3.8) is 0 Å². The first-order valence-corrected chi connectivity index (χ1v) is 6.66. The fraction of sp³-hybridized carbons (Fsp3) is 0.900. The summed E-state index contributed by atoms with van der Waals surface area (Å²) in [7, 11) is 0. The fourth-order valence-corrected chi connectivity index (χ4v) is 1.66. The van der Waals surface area contributed by atoms with Crippen molar-refractivity contribution < 1.29 is 4.79 Å². The highest BCUT2D eigenvalue weighted by molar-refractivity contribution is 14.1. The van der Waals surface area contributed by atoms with Crippen molar-refractivity contribution in [2.24, 2.45) is 0 Å². The van der Waals surface area contributed by atoms with Crippen LogP contribution in [0.3, 0.4) is 0 Å². The van der Waals surface area contributed by atoms with Gasteiger partial charge in [0.15, 0.2) is 0 Å². The first kappa shape index (κ1) is 13.2. The van der Waals surface area contributed by atoms with Crippen LogP contribution in [0.4, 0.5) is 0 Å². The van der Waals surface area contributed by atoms with Gasteiger partial charge in [-0.3, -0.25) is 4.79 Å². The molecule has 0 spiro atoms. The largest absolute Gasteiger partial charge is 0.356 e. The van der Waals surface area contributed by atoms with Gasteiger partial charge >= 0.3 is 0 Å². The lowest BCUT2D eigenvalue weighted by molar-refractivity contribution is -0.121. The number of carbonyl (C=O) groups excluding carboxylic acids is 1. The molecule has 2 nitrogen and oxygen atoms in total. The highest BCUT2D eigenvalue weighted by atomic mass is 127. The van der Waals surface area contributed by atoms with E-state index in [1.165, 1.54) is 23.7 Å². The van der Waals surface area contributed by atoms with Gasteiger partial charge < -0.3 is 5.32 Å². The fourth-order valence-electron chi connectivity index (χ4n) is 1.12. The third-order valence-electron chi connectivity index (χ3n) is 1.86. The molecule has 0 aliphatic rings. The van der Waals surface area contributed by atoms with Crippen molar-refractivity contribution in [1.29, 1.82) is 0 Å². The first-order valence-electron chi connectivity index (χ1n) is 5.14. The van der Waals surface area contributed by atoms with Gasteiger partial charge in [-0.25, -0.2) is 0 Å². The zero-order valence-corrected chi connectivity index (χ0v) is 10.6. The van der Waals surface area contributed by atoms with Gasteiger partial charge in [0.2, 0.25) is 5.91 Å². The molecule has 13 heavy (non-hydrogen) atoms. The SMILES string of the molecule is CCCC(=O)NCCCCCCI. The molecular weight excluding hydrogens is 277 g/mol. The van der Waals surface area contributed by atoms with E-state index in [0.29, 0.717) is 6.42 Å². The summed E-state index contributed by atoms with van der Waals surface area (Å²) in [6.07, 6.45) is 6.60. The average molecular weight is 297 g/mol. The molecular formula is C10H20INO. The van der Waals surface area contributed by atoms with Gasteiger partial charge in [-0.1, -0.05) is 42.4 Å². The number of rotatable bonds is 8. The summed E-state index contributed by atoms with van der Waals surface area (Å²) in [6, 6.07) is 0. The molecule has 0 aromatic carbocycles. The second-order valence-corrected chi connectivity index (χ2v) is 4.28. The zero-order chi connectivity index (χ0) is 9.94. The lowest BCUT2D eigenvalue weighted by Crippen LogP contribution is -2.23. The summed E-state index contributed by atoms with van der Waals surface area (Å²) in [4.78, 5) is 11.0. The molecule has 78 valence electrons. The summed E-state index contributed by atoms with van der Waals surface area (Å²) in [6.45, 7) is 2.89. The maximum absolute atomic E-state index is 11.0. The number of alkyl halides is 1. The predicted octanol–water partition coefficient (Wildman–Crippen LogP) is 2.90. The van der Waals surface area contributed by atoms with Crippen molar-refractivity contribution in [2.45, 2.75) is 45.4 Å². The Morgan fingerprint density at radius 2 is 1.92 bits per heavy atom. The number of amides is 1. The molecule has 0 aliphatic carbocycles. The number of unbranched alkanes of at least 4 members (excludes halogenated alkanes) is 3. The number of hydrogen-bond donors (Lipinski definition) is 1. The smallest absolute Gasteiger partial charge is 0.219 e. The van der Waals surface area contributed by atoms with Crippen LogP contribution in [-0.4, -0.2) is 16.9 Å². The molecule has 0 heterocycles. The number of carbonyl (C=O) groups is 1. The molecule has 0 bridgehead atoms. The van der Waals surface area contributed by atoms with E-state index in [4.69, 9.17) is 0 Å². The molecule has 0 aromatic rings. The second-order valence-electron chi connectivity index (χ2n) is 3.20. The minimum atomic E-state index is 0.205. The minimum Gasteiger partial charge on any atom is -0.356 e. The Morgan fingerprint density at radius 3 is 2.54 bits per heavy atom. The summed E-state index contributed by atoms with van der Waals surface area (Å²) in [5.41, 5.74) is 0. The van der Waals surface area contributed by atoms with Gasteiger partial charge in [0.05, 0.1) is 0 Å². The molecule has 0 aromatic heterocycles. The summed E-state index contributed by atoms with van der Waals surface area (Å²) >= 11 is 2.40. The highest BCUT2D eigenvalue weighted by Gasteiger charge is 1.96. The topological polar surface area (TPSA) is 29.1 Å². The number of halogens is 1. The quantitative estimate of drug-likeness (QED) is 0.416. The average Bonchev–Trinajstić information content (AvgIpc) is 2.11. The van der Waals surface area contributed by atoms with Crippen LogP contribution in [0.2, 0.25) is 0 Å². The Labute approximate surface area is 95.0 Å².